The molecule has 0 aliphatic heterocycles. The molecule has 2 aromatic heterocycles. The number of carbonyl (C=O) groups is 1. The lowest BCUT2D eigenvalue weighted by Crippen LogP contribution is -2.18. The number of aromatic amines is 1. The van der Waals surface area contributed by atoms with Crippen LogP contribution in [0.2, 0.25) is 0 Å². The van der Waals surface area contributed by atoms with E-state index >= 15 is 0 Å². The van der Waals surface area contributed by atoms with Crippen LogP contribution >= 0.6 is 0 Å². The molecule has 2 heterocycles. The molecule has 0 amide bonds. The molecule has 0 unspecified atom stereocenters. The minimum absolute atomic E-state index is 0.0193. The zero-order chi connectivity index (χ0) is 20.1. The van der Waals surface area contributed by atoms with Crippen LogP contribution in [-0.4, -0.2) is 50.9 Å². The summed E-state index contributed by atoms with van der Waals surface area (Å²) in [5.41, 5.74) is 7.75. The van der Waals surface area contributed by atoms with E-state index in [1.54, 1.807) is 6.07 Å². The molecule has 0 spiro atoms. The molecule has 0 fully saturated rings. The van der Waals surface area contributed by atoms with Gasteiger partial charge in [-0.25, -0.2) is 4.79 Å². The Morgan fingerprint density at radius 2 is 2.11 bits per heavy atom. The highest BCUT2D eigenvalue weighted by Gasteiger charge is 2.15. The Morgan fingerprint density at radius 1 is 1.32 bits per heavy atom. The first-order chi connectivity index (χ1) is 13.5. The van der Waals surface area contributed by atoms with Gasteiger partial charge < -0.3 is 25.3 Å². The van der Waals surface area contributed by atoms with Crippen molar-refractivity contribution >= 4 is 23.0 Å². The SMILES string of the molecule is COC(=O)Cc1cccc(Cn2c(=O)[nH]c3c(N)nc(OCCCO)nc32)c1. The van der Waals surface area contributed by atoms with Crippen LogP contribution in [0.25, 0.3) is 11.2 Å². The summed E-state index contributed by atoms with van der Waals surface area (Å²) in [6.45, 7) is 0.431. The molecule has 1 aromatic carbocycles. The van der Waals surface area contributed by atoms with Gasteiger partial charge in [0.1, 0.15) is 5.52 Å². The van der Waals surface area contributed by atoms with Gasteiger partial charge in [0.05, 0.1) is 26.7 Å². The number of aromatic nitrogens is 4. The molecule has 10 nitrogen and oxygen atoms in total. The first-order valence-corrected chi connectivity index (χ1v) is 8.66. The summed E-state index contributed by atoms with van der Waals surface area (Å²) in [4.78, 5) is 34.8. The second-order valence-corrected chi connectivity index (χ2v) is 6.10. The van der Waals surface area contributed by atoms with E-state index in [9.17, 15) is 9.59 Å². The second-order valence-electron chi connectivity index (χ2n) is 6.10. The van der Waals surface area contributed by atoms with Crippen LogP contribution < -0.4 is 16.2 Å². The number of nitrogens with two attached hydrogens (primary N) is 1. The van der Waals surface area contributed by atoms with E-state index in [0.29, 0.717) is 17.6 Å². The number of benzene rings is 1. The van der Waals surface area contributed by atoms with Gasteiger partial charge in [-0.05, 0) is 11.1 Å². The van der Waals surface area contributed by atoms with Crippen LogP contribution in [0.5, 0.6) is 6.01 Å². The third-order valence-electron chi connectivity index (χ3n) is 4.07. The lowest BCUT2D eigenvalue weighted by atomic mass is 10.1. The molecule has 0 bridgehead atoms. The van der Waals surface area contributed by atoms with Crippen LogP contribution in [-0.2, 0) is 22.5 Å². The monoisotopic (exact) mass is 387 g/mol. The number of rotatable bonds is 8. The fourth-order valence-electron chi connectivity index (χ4n) is 2.73. The third-order valence-corrected chi connectivity index (χ3v) is 4.07. The number of imidazole rings is 1. The maximum absolute atomic E-state index is 12.4. The summed E-state index contributed by atoms with van der Waals surface area (Å²) >= 11 is 0. The van der Waals surface area contributed by atoms with Gasteiger partial charge in [-0.1, -0.05) is 24.3 Å². The van der Waals surface area contributed by atoms with Crippen molar-refractivity contribution < 1.29 is 19.4 Å². The topological polar surface area (TPSA) is 145 Å². The smallest absolute Gasteiger partial charge is 0.328 e. The van der Waals surface area contributed by atoms with Crippen LogP contribution in [0.15, 0.2) is 29.1 Å². The Kier molecular flexibility index (Phi) is 5.90. The Hall–Kier alpha value is -3.40. The fraction of sp³-hybridized carbons (Fsp3) is 0.333. The van der Waals surface area contributed by atoms with Crippen molar-refractivity contribution in [2.24, 2.45) is 0 Å². The zero-order valence-corrected chi connectivity index (χ0v) is 15.3. The quantitative estimate of drug-likeness (QED) is 0.368. The fourth-order valence-corrected chi connectivity index (χ4v) is 2.73. The molecular formula is C18H21N5O5. The van der Waals surface area contributed by atoms with E-state index in [4.69, 9.17) is 15.6 Å². The van der Waals surface area contributed by atoms with E-state index in [0.717, 1.165) is 11.1 Å². The highest BCUT2D eigenvalue weighted by molar-refractivity contribution is 5.82. The number of carbonyl (C=O) groups excluding carboxylic acids is 1. The molecule has 28 heavy (non-hydrogen) atoms. The van der Waals surface area contributed by atoms with E-state index in [-0.39, 0.29) is 49.7 Å². The number of H-pyrrole nitrogens is 1. The van der Waals surface area contributed by atoms with E-state index in [1.807, 2.05) is 18.2 Å². The summed E-state index contributed by atoms with van der Waals surface area (Å²) in [5, 5.41) is 8.85. The summed E-state index contributed by atoms with van der Waals surface area (Å²) in [7, 11) is 1.34. The zero-order valence-electron chi connectivity index (χ0n) is 15.3. The highest BCUT2D eigenvalue weighted by atomic mass is 16.5. The van der Waals surface area contributed by atoms with Gasteiger partial charge >= 0.3 is 17.7 Å². The van der Waals surface area contributed by atoms with Gasteiger partial charge in [0.2, 0.25) is 0 Å². The average Bonchev–Trinajstić information content (AvgIpc) is 2.98. The summed E-state index contributed by atoms with van der Waals surface area (Å²) in [6.07, 6.45) is 0.569. The van der Waals surface area contributed by atoms with Gasteiger partial charge in [0.15, 0.2) is 11.5 Å². The van der Waals surface area contributed by atoms with Crippen LogP contribution in [0.1, 0.15) is 17.5 Å². The lowest BCUT2D eigenvalue weighted by Gasteiger charge is -2.08. The molecule has 0 saturated carbocycles. The minimum Gasteiger partial charge on any atom is -0.469 e. The number of hydrogen-bond acceptors (Lipinski definition) is 8. The first-order valence-electron chi connectivity index (χ1n) is 8.66. The van der Waals surface area contributed by atoms with Crippen LogP contribution in [0.3, 0.4) is 0 Å². The Labute approximate surface area is 159 Å². The third kappa shape index (κ3) is 4.29. The van der Waals surface area contributed by atoms with Crippen molar-refractivity contribution in [3.05, 3.63) is 45.9 Å². The van der Waals surface area contributed by atoms with Gasteiger partial charge in [-0.3, -0.25) is 9.36 Å². The summed E-state index contributed by atoms with van der Waals surface area (Å²) in [6, 6.07) is 7.32. The van der Waals surface area contributed by atoms with Gasteiger partial charge in [-0.2, -0.15) is 9.97 Å². The normalized spacial score (nSPS) is 10.9. The second kappa shape index (κ2) is 8.53. The molecule has 0 atom stereocenters. The van der Waals surface area contributed by atoms with Crippen molar-refractivity contribution in [3.8, 4) is 6.01 Å². The number of esters is 1. The van der Waals surface area contributed by atoms with Crippen molar-refractivity contribution in [1.29, 1.82) is 0 Å². The van der Waals surface area contributed by atoms with Gasteiger partial charge in [0, 0.05) is 13.0 Å². The van der Waals surface area contributed by atoms with Crippen LogP contribution in [0, 0.1) is 0 Å². The maximum atomic E-state index is 12.4. The number of methoxy groups -OCH3 is 1. The van der Waals surface area contributed by atoms with Gasteiger partial charge in [0.25, 0.3) is 0 Å². The van der Waals surface area contributed by atoms with Crippen LogP contribution in [0.4, 0.5) is 5.82 Å². The van der Waals surface area contributed by atoms with Crippen molar-refractivity contribution in [1.82, 2.24) is 19.5 Å². The number of nitrogen functional groups attached to an aromatic ring is 1. The molecule has 148 valence electrons. The Morgan fingerprint density at radius 3 is 2.86 bits per heavy atom. The number of nitrogens with one attached hydrogen (secondary N) is 1. The lowest BCUT2D eigenvalue weighted by molar-refractivity contribution is -0.139. The number of nitrogens with zero attached hydrogens (tertiary/aromatic N) is 3. The van der Waals surface area contributed by atoms with Crippen molar-refractivity contribution in [3.63, 3.8) is 0 Å². The molecule has 3 rings (SSSR count). The maximum Gasteiger partial charge on any atom is 0.328 e. The van der Waals surface area contributed by atoms with E-state index in [1.165, 1.54) is 11.7 Å². The molecule has 0 aliphatic rings. The van der Waals surface area contributed by atoms with E-state index < -0.39 is 0 Å². The minimum atomic E-state index is -0.387. The molecule has 4 N–H and O–H groups in total. The predicted octanol–water partition coefficient (Wildman–Crippen LogP) is 0.227. The largest absolute Gasteiger partial charge is 0.469 e. The number of ether oxygens (including phenoxy) is 2. The van der Waals surface area contributed by atoms with Crippen molar-refractivity contribution in [2.45, 2.75) is 19.4 Å². The Balaban J connectivity index is 1.92. The molecule has 0 aliphatic carbocycles. The molecule has 0 saturated heterocycles. The molecule has 3 aromatic rings. The average molecular weight is 387 g/mol. The number of fused-ring (bicyclic) bond motifs is 1. The first kappa shape index (κ1) is 19.4. The predicted molar refractivity (Wildman–Crippen MR) is 101 cm³/mol. The number of hydrogen-bond donors (Lipinski definition) is 3. The van der Waals surface area contributed by atoms with Gasteiger partial charge in [-0.15, -0.1) is 0 Å². The standard InChI is InChI=1S/C18H21N5O5/c1-27-13(25)9-11-4-2-5-12(8-11)10-23-16-14(20-18(23)26)15(19)21-17(22-16)28-7-3-6-24/h2,4-5,8,24H,3,6-7,9-10H2,1H3,(H,20,26)(H2,19,21,22). The molecule has 10 heteroatoms. The highest BCUT2D eigenvalue weighted by Crippen LogP contribution is 2.19. The number of aliphatic hydroxyl groups is 1. The number of aliphatic hydroxyl groups excluding tert-OH is 1. The van der Waals surface area contributed by atoms with Crippen molar-refractivity contribution in [2.75, 3.05) is 26.1 Å². The summed E-state index contributed by atoms with van der Waals surface area (Å²) < 4.78 is 11.5. The molecular weight excluding hydrogens is 366 g/mol. The van der Waals surface area contributed by atoms with E-state index in [2.05, 4.69) is 19.7 Å². The number of anilines is 1. The summed E-state index contributed by atoms with van der Waals surface area (Å²) in [5.74, 6) is -0.245. The molecule has 0 radical (unpaired) electrons. The Bertz CT molecular complexity index is 1040.